The van der Waals surface area contributed by atoms with Gasteiger partial charge in [0.2, 0.25) is 0 Å². The Labute approximate surface area is 85.6 Å². The lowest BCUT2D eigenvalue weighted by Crippen LogP contribution is -1.71. The number of aromatic nitrogens is 1. The predicted octanol–water partition coefficient (Wildman–Crippen LogP) is 3.00. The van der Waals surface area contributed by atoms with Crippen LogP contribution in [0, 0.1) is 11.3 Å². The van der Waals surface area contributed by atoms with E-state index in [0.29, 0.717) is 16.8 Å². The minimum atomic E-state index is 0.140. The number of nitrogens with zero attached hydrogens (tertiary/aromatic N) is 5. The van der Waals surface area contributed by atoms with Gasteiger partial charge in [0.1, 0.15) is 11.9 Å². The van der Waals surface area contributed by atoms with Crippen LogP contribution in [-0.2, 0) is 0 Å². The monoisotopic (exact) mass is 195 g/mol. The van der Waals surface area contributed by atoms with Gasteiger partial charge in [-0.05, 0) is 16.7 Å². The minimum Gasteiger partial charge on any atom is -0.245 e. The standard InChI is InChI=1S/C10H5N5/c11-6-8-7-4-2-1-3-5-9(7)13-10(8)14-15-12/h1-5H. The van der Waals surface area contributed by atoms with Gasteiger partial charge in [0.25, 0.3) is 0 Å². The van der Waals surface area contributed by atoms with Crippen LogP contribution >= 0.6 is 0 Å². The quantitative estimate of drug-likeness (QED) is 0.398. The summed E-state index contributed by atoms with van der Waals surface area (Å²) >= 11 is 0. The number of rotatable bonds is 1. The molecule has 2 aliphatic rings. The number of azide groups is 1. The fourth-order valence-corrected chi connectivity index (χ4v) is 1.36. The second kappa shape index (κ2) is 3.66. The van der Waals surface area contributed by atoms with E-state index >= 15 is 0 Å². The zero-order chi connectivity index (χ0) is 10.7. The molecule has 1 aliphatic heterocycles. The Kier molecular flexibility index (Phi) is 2.20. The Bertz CT molecular complexity index is 563. The van der Waals surface area contributed by atoms with E-state index < -0.39 is 0 Å². The van der Waals surface area contributed by atoms with Crippen molar-refractivity contribution in [2.45, 2.75) is 0 Å². The molecule has 70 valence electrons. The molecule has 5 nitrogen and oxygen atoms in total. The molecular formula is C10H5N5. The van der Waals surface area contributed by atoms with Crippen LogP contribution in [-0.4, -0.2) is 4.98 Å². The van der Waals surface area contributed by atoms with Gasteiger partial charge >= 0.3 is 0 Å². The zero-order valence-electron chi connectivity index (χ0n) is 7.62. The third kappa shape index (κ3) is 1.46. The lowest BCUT2D eigenvalue weighted by molar-refractivity contribution is 1.31. The third-order valence-electron chi connectivity index (χ3n) is 1.99. The van der Waals surface area contributed by atoms with Gasteiger partial charge in [0, 0.05) is 10.5 Å². The van der Waals surface area contributed by atoms with Gasteiger partial charge in [0.15, 0.2) is 0 Å². The SMILES string of the molecule is N#Cc1c2cccccc-2nc1N=[N+]=[N-]. The van der Waals surface area contributed by atoms with Crippen LogP contribution < -0.4 is 0 Å². The molecule has 0 radical (unpaired) electrons. The highest BCUT2D eigenvalue weighted by atomic mass is 15.2. The summed E-state index contributed by atoms with van der Waals surface area (Å²) in [6.45, 7) is 0. The Morgan fingerprint density at radius 3 is 2.87 bits per heavy atom. The second-order valence-electron chi connectivity index (χ2n) is 2.82. The molecule has 5 heteroatoms. The number of fused-ring (bicyclic) bond motifs is 1. The van der Waals surface area contributed by atoms with E-state index in [1.165, 1.54) is 0 Å². The highest BCUT2D eigenvalue weighted by molar-refractivity contribution is 5.76. The van der Waals surface area contributed by atoms with Crippen molar-refractivity contribution in [2.24, 2.45) is 5.11 Å². The van der Waals surface area contributed by atoms with Crippen LogP contribution in [0.4, 0.5) is 5.82 Å². The van der Waals surface area contributed by atoms with Crippen molar-refractivity contribution in [3.8, 4) is 17.3 Å². The van der Waals surface area contributed by atoms with E-state index in [4.69, 9.17) is 10.8 Å². The molecule has 0 aromatic heterocycles. The maximum absolute atomic E-state index is 8.94. The first-order chi connectivity index (χ1) is 7.36. The molecule has 0 N–H and O–H groups in total. The van der Waals surface area contributed by atoms with E-state index in [9.17, 15) is 0 Å². The van der Waals surface area contributed by atoms with Gasteiger partial charge in [-0.15, -0.1) is 0 Å². The van der Waals surface area contributed by atoms with Crippen molar-refractivity contribution in [3.05, 3.63) is 46.3 Å². The molecule has 1 heterocycles. The van der Waals surface area contributed by atoms with Crippen molar-refractivity contribution in [2.75, 3.05) is 0 Å². The molecule has 0 aromatic carbocycles. The molecular weight excluding hydrogens is 190 g/mol. The highest BCUT2D eigenvalue weighted by Crippen LogP contribution is 2.31. The van der Waals surface area contributed by atoms with Crippen molar-refractivity contribution in [1.82, 2.24) is 4.98 Å². The molecule has 0 bridgehead atoms. The number of hydrogen-bond donors (Lipinski definition) is 0. The highest BCUT2D eigenvalue weighted by Gasteiger charge is 2.14. The molecule has 0 spiro atoms. The molecule has 0 unspecified atom stereocenters. The number of nitriles is 1. The van der Waals surface area contributed by atoms with Crippen LogP contribution in [0.2, 0.25) is 0 Å². The lowest BCUT2D eigenvalue weighted by Gasteiger charge is -1.87. The molecule has 0 saturated carbocycles. The molecule has 0 aromatic rings. The maximum Gasteiger partial charge on any atom is 0.145 e. The fourth-order valence-electron chi connectivity index (χ4n) is 1.36. The summed E-state index contributed by atoms with van der Waals surface area (Å²) in [5.41, 5.74) is 9.99. The van der Waals surface area contributed by atoms with Crippen molar-refractivity contribution in [3.63, 3.8) is 0 Å². The van der Waals surface area contributed by atoms with Gasteiger partial charge in [-0.1, -0.05) is 24.3 Å². The first kappa shape index (κ1) is 9.00. The summed E-state index contributed by atoms with van der Waals surface area (Å²) in [4.78, 5) is 6.71. The predicted molar refractivity (Wildman–Crippen MR) is 54.4 cm³/mol. The van der Waals surface area contributed by atoms with E-state index in [2.05, 4.69) is 15.0 Å². The van der Waals surface area contributed by atoms with Crippen molar-refractivity contribution >= 4 is 5.82 Å². The normalized spacial score (nSPS) is 9.27. The maximum atomic E-state index is 8.94. The summed E-state index contributed by atoms with van der Waals surface area (Å²) in [6, 6.07) is 11.0. The summed E-state index contributed by atoms with van der Waals surface area (Å²) in [5, 5.41) is 12.3. The van der Waals surface area contributed by atoms with Crippen LogP contribution in [0.5, 0.6) is 0 Å². The summed E-state index contributed by atoms with van der Waals surface area (Å²) in [6.07, 6.45) is 0. The van der Waals surface area contributed by atoms with E-state index in [1.807, 2.05) is 24.3 Å². The van der Waals surface area contributed by atoms with Crippen molar-refractivity contribution in [1.29, 1.82) is 5.26 Å². The van der Waals surface area contributed by atoms with Crippen molar-refractivity contribution < 1.29 is 0 Å². The number of hydrogen-bond acceptors (Lipinski definition) is 3. The summed E-state index contributed by atoms with van der Waals surface area (Å²) < 4.78 is 0. The zero-order valence-corrected chi connectivity index (χ0v) is 7.62. The minimum absolute atomic E-state index is 0.140. The average molecular weight is 195 g/mol. The Balaban J connectivity index is 2.81. The van der Waals surface area contributed by atoms with Gasteiger partial charge in [-0.3, -0.25) is 0 Å². The Morgan fingerprint density at radius 2 is 2.13 bits per heavy atom. The van der Waals surface area contributed by atoms with Gasteiger partial charge in [0.05, 0.1) is 11.3 Å². The topological polar surface area (TPSA) is 85.4 Å². The van der Waals surface area contributed by atoms with Gasteiger partial charge < -0.3 is 0 Å². The molecule has 15 heavy (non-hydrogen) atoms. The molecule has 0 atom stereocenters. The average Bonchev–Trinajstić information content (AvgIpc) is 2.43. The first-order valence-electron chi connectivity index (χ1n) is 4.21. The van der Waals surface area contributed by atoms with Crippen LogP contribution in [0.1, 0.15) is 5.56 Å². The van der Waals surface area contributed by atoms with Gasteiger partial charge in [-0.2, -0.15) is 5.26 Å². The first-order valence-corrected chi connectivity index (χ1v) is 4.21. The third-order valence-corrected chi connectivity index (χ3v) is 1.99. The summed E-state index contributed by atoms with van der Waals surface area (Å²) in [7, 11) is 0. The fraction of sp³-hybridized carbons (Fsp3) is 0. The Morgan fingerprint density at radius 1 is 1.33 bits per heavy atom. The van der Waals surface area contributed by atoms with E-state index in [0.717, 1.165) is 0 Å². The summed E-state index contributed by atoms with van der Waals surface area (Å²) in [5.74, 6) is 0.140. The van der Waals surface area contributed by atoms with E-state index in [1.54, 1.807) is 12.1 Å². The van der Waals surface area contributed by atoms with Crippen LogP contribution in [0.25, 0.3) is 21.7 Å². The van der Waals surface area contributed by atoms with Crippen LogP contribution in [0.3, 0.4) is 0 Å². The van der Waals surface area contributed by atoms with E-state index in [-0.39, 0.29) is 5.82 Å². The molecule has 2 rings (SSSR count). The van der Waals surface area contributed by atoms with Crippen LogP contribution in [0.15, 0.2) is 35.4 Å². The molecule has 0 fully saturated rings. The second-order valence-corrected chi connectivity index (χ2v) is 2.82. The molecule has 0 amide bonds. The smallest absolute Gasteiger partial charge is 0.145 e. The lowest BCUT2D eigenvalue weighted by atomic mass is 10.1. The Hall–Kier alpha value is -2.57. The molecule has 1 aliphatic carbocycles. The largest absolute Gasteiger partial charge is 0.245 e. The molecule has 0 saturated heterocycles. The van der Waals surface area contributed by atoms with Gasteiger partial charge in [-0.25, -0.2) is 4.98 Å².